The Morgan fingerprint density at radius 2 is 1.52 bits per heavy atom. The average Bonchev–Trinajstić information content (AvgIpc) is 2.82. The minimum absolute atomic E-state index is 0.0479. The van der Waals surface area contributed by atoms with Crippen LogP contribution in [0, 0.1) is 35.1 Å². The van der Waals surface area contributed by atoms with Crippen LogP contribution in [-0.4, -0.2) is 6.61 Å². The van der Waals surface area contributed by atoms with Gasteiger partial charge in [0.1, 0.15) is 18.2 Å². The van der Waals surface area contributed by atoms with Crippen molar-refractivity contribution in [2.75, 3.05) is 6.61 Å². The Morgan fingerprint density at radius 1 is 0.758 bits per heavy atom. The highest BCUT2D eigenvalue weighted by molar-refractivity contribution is 5.84. The number of fused-ring (bicyclic) bond motifs is 1. The highest BCUT2D eigenvalue weighted by Crippen LogP contribution is 2.25. The van der Waals surface area contributed by atoms with Gasteiger partial charge in [-0.2, -0.15) is 0 Å². The molecule has 0 amide bonds. The maximum atomic E-state index is 14.7. The monoisotopic (exact) mass is 446 g/mol. The van der Waals surface area contributed by atoms with Crippen molar-refractivity contribution in [1.82, 2.24) is 0 Å². The second-order valence-corrected chi connectivity index (χ2v) is 7.27. The van der Waals surface area contributed by atoms with E-state index in [1.54, 1.807) is 12.1 Å². The number of allylic oxidation sites excluding steroid dienone is 1. The summed E-state index contributed by atoms with van der Waals surface area (Å²) in [4.78, 5) is 0. The third-order valence-corrected chi connectivity index (χ3v) is 5.05. The van der Waals surface area contributed by atoms with E-state index in [4.69, 9.17) is 4.74 Å². The number of benzene rings is 4. The maximum absolute atomic E-state index is 14.7. The summed E-state index contributed by atoms with van der Waals surface area (Å²) in [5.74, 6) is 1.72. The van der Waals surface area contributed by atoms with E-state index in [9.17, 15) is 17.6 Å². The lowest BCUT2D eigenvalue weighted by Crippen LogP contribution is -1.93. The number of hydrogen-bond acceptors (Lipinski definition) is 1. The van der Waals surface area contributed by atoms with Gasteiger partial charge in [-0.05, 0) is 65.9 Å². The third-order valence-electron chi connectivity index (χ3n) is 5.05. The molecule has 0 aromatic heterocycles. The molecule has 0 atom stereocenters. The van der Waals surface area contributed by atoms with Crippen LogP contribution >= 0.6 is 0 Å². The van der Waals surface area contributed by atoms with Crippen molar-refractivity contribution in [1.29, 1.82) is 0 Å². The molecule has 0 fully saturated rings. The Labute approximate surface area is 189 Å². The fourth-order valence-corrected chi connectivity index (χ4v) is 3.30. The van der Waals surface area contributed by atoms with Gasteiger partial charge in [-0.25, -0.2) is 17.6 Å². The lowest BCUT2D eigenvalue weighted by Gasteiger charge is -2.06. The lowest BCUT2D eigenvalue weighted by molar-refractivity contribution is 0.363. The molecular formula is C28H18F4O. The molecule has 0 spiro atoms. The van der Waals surface area contributed by atoms with Crippen LogP contribution in [0.15, 0.2) is 78.9 Å². The zero-order valence-corrected chi connectivity index (χ0v) is 17.6. The van der Waals surface area contributed by atoms with Gasteiger partial charge in [0, 0.05) is 10.9 Å². The van der Waals surface area contributed by atoms with Crippen molar-refractivity contribution in [2.24, 2.45) is 0 Å². The first-order valence-corrected chi connectivity index (χ1v) is 10.2. The summed E-state index contributed by atoms with van der Waals surface area (Å²) in [6.07, 6.45) is 3.81. The largest absolute Gasteiger partial charge is 0.490 e. The molecule has 0 aliphatic heterocycles. The molecule has 0 saturated carbocycles. The third kappa shape index (κ3) is 4.91. The summed E-state index contributed by atoms with van der Waals surface area (Å²) in [5, 5.41) is 0.125. The first kappa shape index (κ1) is 22.2. The van der Waals surface area contributed by atoms with Gasteiger partial charge in [0.25, 0.3) is 0 Å². The van der Waals surface area contributed by atoms with Gasteiger partial charge in [0.15, 0.2) is 17.5 Å². The van der Waals surface area contributed by atoms with Crippen LogP contribution in [0.4, 0.5) is 17.6 Å². The fraction of sp³-hybridized carbons (Fsp3) is 0.0714. The smallest absolute Gasteiger partial charge is 0.195 e. The molecule has 0 N–H and O–H groups in total. The molecule has 5 heteroatoms. The minimum atomic E-state index is -1.51. The van der Waals surface area contributed by atoms with Crippen LogP contribution < -0.4 is 4.74 Å². The molecule has 0 aliphatic carbocycles. The normalized spacial score (nSPS) is 10.9. The predicted octanol–water partition coefficient (Wildman–Crippen LogP) is 7.42. The molecule has 4 aromatic carbocycles. The van der Waals surface area contributed by atoms with Crippen LogP contribution in [0.1, 0.15) is 18.1 Å². The van der Waals surface area contributed by atoms with Crippen molar-refractivity contribution in [2.45, 2.75) is 6.92 Å². The molecule has 0 unspecified atom stereocenters. The molecule has 0 bridgehead atoms. The fourth-order valence-electron chi connectivity index (χ4n) is 3.30. The van der Waals surface area contributed by atoms with E-state index in [-0.39, 0.29) is 16.3 Å². The van der Waals surface area contributed by atoms with Gasteiger partial charge in [0.05, 0.1) is 5.56 Å². The van der Waals surface area contributed by atoms with Gasteiger partial charge in [-0.3, -0.25) is 0 Å². The zero-order valence-electron chi connectivity index (χ0n) is 17.6. The maximum Gasteiger partial charge on any atom is 0.195 e. The summed E-state index contributed by atoms with van der Waals surface area (Å²) in [6, 6.07) is 17.2. The van der Waals surface area contributed by atoms with Crippen LogP contribution in [0.3, 0.4) is 0 Å². The van der Waals surface area contributed by atoms with Crippen LogP contribution in [0.25, 0.3) is 21.9 Å². The van der Waals surface area contributed by atoms with Crippen LogP contribution in [0.2, 0.25) is 0 Å². The summed E-state index contributed by atoms with van der Waals surface area (Å²) in [5.41, 5.74) is 2.13. The number of ether oxygens (including phenoxy) is 1. The molecule has 0 heterocycles. The summed E-state index contributed by atoms with van der Waals surface area (Å²) in [6.45, 7) is 2.40. The molecule has 4 aromatic rings. The molecule has 1 nitrogen and oxygen atoms in total. The number of halogens is 4. The van der Waals surface area contributed by atoms with Crippen molar-refractivity contribution in [3.63, 3.8) is 0 Å². The Bertz CT molecular complexity index is 1410. The Morgan fingerprint density at radius 3 is 2.24 bits per heavy atom. The molecular weight excluding hydrogens is 428 g/mol. The van der Waals surface area contributed by atoms with Gasteiger partial charge < -0.3 is 4.74 Å². The Kier molecular flexibility index (Phi) is 6.46. The van der Waals surface area contributed by atoms with Gasteiger partial charge in [-0.15, -0.1) is 0 Å². The van der Waals surface area contributed by atoms with Crippen LogP contribution in [-0.2, 0) is 0 Å². The van der Waals surface area contributed by atoms with Crippen LogP contribution in [0.5, 0.6) is 5.75 Å². The molecule has 0 aliphatic rings. The van der Waals surface area contributed by atoms with Gasteiger partial charge in [0.2, 0.25) is 0 Å². The number of hydrogen-bond donors (Lipinski definition) is 0. The lowest BCUT2D eigenvalue weighted by atomic mass is 10.0. The van der Waals surface area contributed by atoms with Gasteiger partial charge in [-0.1, -0.05) is 48.3 Å². The molecule has 4 rings (SSSR count). The highest BCUT2D eigenvalue weighted by atomic mass is 19.2. The Hall–Kier alpha value is -4.04. The van der Waals surface area contributed by atoms with E-state index >= 15 is 0 Å². The van der Waals surface area contributed by atoms with Gasteiger partial charge >= 0.3 is 0 Å². The van der Waals surface area contributed by atoms with E-state index in [2.05, 4.69) is 11.8 Å². The molecule has 0 radical (unpaired) electrons. The van der Waals surface area contributed by atoms with E-state index in [1.165, 1.54) is 24.3 Å². The molecule has 33 heavy (non-hydrogen) atoms. The quantitative estimate of drug-likeness (QED) is 0.137. The van der Waals surface area contributed by atoms with E-state index in [0.717, 1.165) is 17.4 Å². The van der Waals surface area contributed by atoms with E-state index in [0.29, 0.717) is 17.7 Å². The van der Waals surface area contributed by atoms with Crippen molar-refractivity contribution < 1.29 is 22.3 Å². The highest BCUT2D eigenvalue weighted by Gasteiger charge is 2.13. The average molecular weight is 446 g/mol. The summed E-state index contributed by atoms with van der Waals surface area (Å²) >= 11 is 0. The summed E-state index contributed by atoms with van der Waals surface area (Å²) in [7, 11) is 0. The summed E-state index contributed by atoms with van der Waals surface area (Å²) < 4.78 is 61.0. The minimum Gasteiger partial charge on any atom is -0.490 e. The zero-order chi connectivity index (χ0) is 23.4. The molecule has 0 saturated heterocycles. The molecule has 164 valence electrons. The SMILES string of the molecule is C/C=C/COc1ccc(-c2ccc(C#Cc3ccc4c(F)c(F)c(F)cc4c3)c(F)c2)cc1. The second-order valence-electron chi connectivity index (χ2n) is 7.27. The standard InChI is InChI=1S/C28H18F4O/c1-2-3-14-33-23-11-9-19(10-12-23)21-8-7-20(25(29)16-21)6-4-18-5-13-24-22(15-18)17-26(30)28(32)27(24)31/h2-3,5,7-13,15-17H,14H2,1H3/b3-2+. The Balaban J connectivity index is 1.56. The van der Waals surface area contributed by atoms with E-state index in [1.807, 2.05) is 43.3 Å². The van der Waals surface area contributed by atoms with E-state index < -0.39 is 23.3 Å². The predicted molar refractivity (Wildman–Crippen MR) is 122 cm³/mol. The van der Waals surface area contributed by atoms with Crippen molar-refractivity contribution in [3.8, 4) is 28.7 Å². The first-order valence-electron chi connectivity index (χ1n) is 10.2. The number of rotatable bonds is 4. The topological polar surface area (TPSA) is 9.23 Å². The van der Waals surface area contributed by atoms with Crippen molar-refractivity contribution in [3.05, 3.63) is 113 Å². The first-order chi connectivity index (χ1) is 16.0. The van der Waals surface area contributed by atoms with Crippen molar-refractivity contribution >= 4 is 10.8 Å². The second kappa shape index (κ2) is 9.62.